The Morgan fingerprint density at radius 1 is 0.398 bits per heavy atom. The Bertz CT molecular complexity index is 4550. The molecule has 5 atom stereocenters. The van der Waals surface area contributed by atoms with Gasteiger partial charge in [0.15, 0.2) is 0 Å². The normalized spacial score (nSPS) is 11.9. The molecule has 0 spiro atoms. The van der Waals surface area contributed by atoms with Gasteiger partial charge in [-0.2, -0.15) is 0 Å². The molecular formula is C104H128BrK2O15Pd-. The summed E-state index contributed by atoms with van der Waals surface area (Å²) in [5.74, 6) is 2.43. The Kier molecular flexibility index (Phi) is 62.2. The summed E-state index contributed by atoms with van der Waals surface area (Å²) in [4.78, 5) is 11.2. The van der Waals surface area contributed by atoms with Crippen molar-refractivity contribution in [3.8, 4) is 40.2 Å². The van der Waals surface area contributed by atoms with E-state index in [9.17, 15) is 40.9 Å². The molecule has 123 heavy (non-hydrogen) atoms. The number of aryl methyl sites for hydroxylation is 7. The Balaban J connectivity index is 0. The third-order valence-electron chi connectivity index (χ3n) is 18.7. The SMILES string of the molecule is C.C.CCCc1ccccc1.Cc1cc(OCc2ccccc2)cc(C(O)CBr)c1.Cc1cc(OCc2ccccc2)cc(C(O)CCCCc2ccccc2)c1.Cc1cc(OCc2ccccc2)cc(C2CO2)c1.O=CO[O-].Oc1cc(O)cc(C(O)CCCCc2ccccc2)c1.Oc1cc(O)cc(C(O)CCCCc2ccccc2)c1.[CH3-].[H-].[HH].[K+].[K+].[Pd]. The molecule has 0 aromatic heterocycles. The second kappa shape index (κ2) is 67.2. The summed E-state index contributed by atoms with van der Waals surface area (Å²) in [6, 6.07) is 98.6. The molecule has 0 saturated carbocycles. The standard InChI is InChI=1S/C25H28O2.2C17H20O3.C16H17BrO2.C16H16O2.C9H12.CH2O3.2CH4.CH3.2K.Pd.H2.H/c1-20-16-23(18-24(17-20)27-19-22-13-6-3-7-14-22)25(26)15-9-8-12-21-10-4-2-5-11-21;2*18-15-10-14(11-16(19)12-15)17(20)9-5-4-8-13-6-2-1-3-7-13;1-12-7-14(16(18)10-17)9-15(8-12)19-11-13-5-3-2-4-6-13;1-12-7-14(16-11-18-16)9-15(8-12)17-10-13-5-3-2-4-6-13;1-2-6-9-7-4-3-5-8-9;2-1-4-3;;;;;;;;/h2-7,10-11,13-14,16-18,25-26H,8-9,12,15,19H2,1H3;2*1-3,6-7,10-12,17-20H,4-5,8-9H2;2-9,16,18H,10-11H2,1H3;2-9,16H,10-11H2,1H3;3-5,7-8H,2,6H2,1H3;1,3H;2*1H4;1H3;;;;1H;/q;;;;;;;;;-1;2*+1;;;-1/p-1. The maximum absolute atomic E-state index is 10.6. The van der Waals surface area contributed by atoms with Gasteiger partial charge in [0.2, 0.25) is 0 Å². The minimum Gasteiger partial charge on any atom is -1.00 e. The van der Waals surface area contributed by atoms with Crippen molar-refractivity contribution < 1.29 is 201 Å². The van der Waals surface area contributed by atoms with E-state index in [4.69, 9.17) is 29.0 Å². The second-order valence-corrected chi connectivity index (χ2v) is 29.4. The van der Waals surface area contributed by atoms with Crippen LogP contribution < -0.4 is 122 Å². The summed E-state index contributed by atoms with van der Waals surface area (Å²) in [5, 5.41) is 87.1. The first-order valence-electron chi connectivity index (χ1n) is 40.0. The molecule has 1 aliphatic heterocycles. The minimum atomic E-state index is -0.649. The van der Waals surface area contributed by atoms with Gasteiger partial charge in [-0.15, -0.1) is 0 Å². The number of aliphatic hydroxyl groups is 4. The first kappa shape index (κ1) is 114. The topological polar surface area (TPSA) is 251 Å². The fourth-order valence-corrected chi connectivity index (χ4v) is 13.1. The summed E-state index contributed by atoms with van der Waals surface area (Å²) in [7, 11) is 0. The maximum atomic E-state index is 10.6. The number of hydrogen-bond acceptors (Lipinski definition) is 15. The first-order chi connectivity index (χ1) is 56.8. The first-order valence-corrected chi connectivity index (χ1v) is 41.2. The van der Waals surface area contributed by atoms with Gasteiger partial charge in [-0.3, -0.25) is 4.79 Å². The van der Waals surface area contributed by atoms with Crippen molar-refractivity contribution in [3.63, 3.8) is 0 Å². The second-order valence-electron chi connectivity index (χ2n) is 28.8. The number of unbranched alkanes of at least 4 members (excludes halogenated alkanes) is 3. The van der Waals surface area contributed by atoms with Gasteiger partial charge in [-0.25, -0.2) is 0 Å². The molecular weight excluding hydrogens is 1750 g/mol. The summed E-state index contributed by atoms with van der Waals surface area (Å²) >= 11 is 3.29. The number of benzene rings is 12. The van der Waals surface area contributed by atoms with Crippen LogP contribution in [0.2, 0.25) is 0 Å². The van der Waals surface area contributed by atoms with Crippen LogP contribution in [0.5, 0.6) is 40.2 Å². The molecule has 0 bridgehead atoms. The average Bonchev–Trinajstić information content (AvgIpc) is 1.72. The van der Waals surface area contributed by atoms with Crippen LogP contribution in [0.4, 0.5) is 0 Å². The molecule has 5 unspecified atom stereocenters. The van der Waals surface area contributed by atoms with Gasteiger partial charge in [0, 0.05) is 39.3 Å². The van der Waals surface area contributed by atoms with E-state index in [1.807, 2.05) is 153 Å². The monoisotopic (exact) mass is 1880 g/mol. The van der Waals surface area contributed by atoms with Gasteiger partial charge in [-0.1, -0.05) is 294 Å². The predicted molar refractivity (Wildman–Crippen MR) is 490 cm³/mol. The minimum absolute atomic E-state index is 0. The molecule has 654 valence electrons. The van der Waals surface area contributed by atoms with Crippen LogP contribution in [0.1, 0.15) is 203 Å². The van der Waals surface area contributed by atoms with Gasteiger partial charge in [-0.05, 0) is 229 Å². The van der Waals surface area contributed by atoms with E-state index in [-0.39, 0.29) is 184 Å². The van der Waals surface area contributed by atoms with Gasteiger partial charge in [0.05, 0.1) is 31.0 Å². The smallest absolute Gasteiger partial charge is 1.00 e. The number of phenols is 4. The summed E-state index contributed by atoms with van der Waals surface area (Å²) in [6.45, 7) is 10.7. The van der Waals surface area contributed by atoms with Gasteiger partial charge in [0.1, 0.15) is 66.2 Å². The summed E-state index contributed by atoms with van der Waals surface area (Å²) in [5.41, 5.74) is 16.4. The fourth-order valence-electron chi connectivity index (χ4n) is 12.7. The third-order valence-corrected chi connectivity index (χ3v) is 19.3. The average molecular weight is 1880 g/mol. The molecule has 1 aliphatic rings. The zero-order valence-electron chi connectivity index (χ0n) is 71.9. The van der Waals surface area contributed by atoms with Crippen LogP contribution in [-0.2, 0) is 80.3 Å². The van der Waals surface area contributed by atoms with Gasteiger partial charge < -0.3 is 78.8 Å². The van der Waals surface area contributed by atoms with Crippen molar-refractivity contribution in [2.75, 3.05) is 11.9 Å². The van der Waals surface area contributed by atoms with E-state index in [1.165, 1.54) is 88.2 Å². The quantitative estimate of drug-likeness (QED) is 0.00278. The van der Waals surface area contributed by atoms with E-state index in [0.29, 0.717) is 49.1 Å². The maximum Gasteiger partial charge on any atom is 1.00 e. The summed E-state index contributed by atoms with van der Waals surface area (Å²) in [6.07, 6.45) is 11.5. The molecule has 0 amide bonds. The zero-order chi connectivity index (χ0) is 83.6. The van der Waals surface area contributed by atoms with Crippen LogP contribution in [-0.4, -0.2) is 59.3 Å². The molecule has 0 radical (unpaired) electrons. The summed E-state index contributed by atoms with van der Waals surface area (Å²) < 4.78 is 22.9. The number of alkyl halides is 1. The Morgan fingerprint density at radius 3 is 0.919 bits per heavy atom. The molecule has 1 saturated heterocycles. The van der Waals surface area contributed by atoms with Crippen LogP contribution in [0.15, 0.2) is 303 Å². The number of epoxide rings is 1. The van der Waals surface area contributed by atoms with E-state index >= 15 is 0 Å². The molecule has 13 rings (SSSR count). The molecule has 12 aromatic carbocycles. The predicted octanol–water partition coefficient (Wildman–Crippen LogP) is 17.9. The van der Waals surface area contributed by atoms with Crippen molar-refractivity contribution in [2.24, 2.45) is 0 Å². The molecule has 1 heterocycles. The van der Waals surface area contributed by atoms with Gasteiger partial charge in [0.25, 0.3) is 6.47 Å². The van der Waals surface area contributed by atoms with Crippen molar-refractivity contribution in [1.82, 2.24) is 0 Å². The van der Waals surface area contributed by atoms with Crippen molar-refractivity contribution >= 4 is 22.4 Å². The van der Waals surface area contributed by atoms with Crippen LogP contribution in [0.3, 0.4) is 0 Å². The van der Waals surface area contributed by atoms with E-state index in [2.05, 4.69) is 162 Å². The van der Waals surface area contributed by atoms with Crippen LogP contribution >= 0.6 is 15.9 Å². The Hall–Kier alpha value is -7.11. The van der Waals surface area contributed by atoms with E-state index in [1.54, 1.807) is 0 Å². The van der Waals surface area contributed by atoms with Crippen LogP contribution in [0, 0.1) is 28.2 Å². The fraction of sp³-hybridized carbons (Fsp3) is 0.288. The zero-order valence-corrected chi connectivity index (χ0v) is 80.3. The third kappa shape index (κ3) is 48.4. The number of aromatic hydroxyl groups is 4. The number of ether oxygens (including phenoxy) is 4. The number of aliphatic hydroxyl groups excluding tert-OH is 4. The largest absolute Gasteiger partial charge is 1.00 e. The van der Waals surface area contributed by atoms with E-state index < -0.39 is 24.4 Å². The van der Waals surface area contributed by atoms with Crippen molar-refractivity contribution in [1.29, 1.82) is 0 Å². The molecule has 12 aromatic rings. The Morgan fingerprint density at radius 2 is 0.650 bits per heavy atom. The molecule has 19 heteroatoms. The number of phenolic OH excluding ortho intramolecular Hbond substituents is 4. The van der Waals surface area contributed by atoms with E-state index in [0.717, 1.165) is 121 Å². The molecule has 0 aliphatic carbocycles. The van der Waals surface area contributed by atoms with Gasteiger partial charge >= 0.3 is 103 Å². The van der Waals surface area contributed by atoms with Crippen LogP contribution in [0.25, 0.3) is 0 Å². The molecule has 15 nitrogen and oxygen atoms in total. The molecule has 1 fully saturated rings. The molecule has 8 N–H and O–H groups in total. The number of rotatable bonds is 33. The number of hydrogen-bond donors (Lipinski definition) is 8. The number of halogens is 1. The Labute approximate surface area is 842 Å². The number of carbonyl (C=O) groups excluding carboxylic acids is 1. The van der Waals surface area contributed by atoms with Crippen molar-refractivity contribution in [3.05, 3.63) is 394 Å². The van der Waals surface area contributed by atoms with Crippen molar-refractivity contribution in [2.45, 2.75) is 183 Å². The number of carbonyl (C=O) groups is 1.